The van der Waals surface area contributed by atoms with Crippen LogP contribution in [0.25, 0.3) is 10.9 Å². The van der Waals surface area contributed by atoms with Gasteiger partial charge in [-0.1, -0.05) is 44.2 Å². The fourth-order valence-electron chi connectivity index (χ4n) is 4.72. The Balaban J connectivity index is 1.54. The number of rotatable bonds is 4. The number of nitrogens with two attached hydrogens (primary N) is 1. The summed E-state index contributed by atoms with van der Waals surface area (Å²) in [5.41, 5.74) is 9.60. The van der Waals surface area contributed by atoms with Gasteiger partial charge < -0.3 is 21.1 Å². The van der Waals surface area contributed by atoms with Crippen LogP contribution in [0.4, 0.5) is 21.0 Å². The maximum absolute atomic E-state index is 13.1. The number of carbonyl (C=O) groups is 2. The fraction of sp³-hybridized carbons (Fsp3) is 0.414. The number of hydrogen-bond donors (Lipinski definition) is 3. The molecule has 1 fully saturated rings. The third-order valence-electron chi connectivity index (χ3n) is 6.43. The Morgan fingerprint density at radius 3 is 2.51 bits per heavy atom. The maximum atomic E-state index is 13.1. The number of pyridine rings is 1. The predicted octanol–water partition coefficient (Wildman–Crippen LogP) is 6.20. The lowest BCUT2D eigenvalue weighted by Gasteiger charge is -2.42. The van der Waals surface area contributed by atoms with Gasteiger partial charge in [-0.15, -0.1) is 0 Å². The molecular formula is C29H37N5O3. The van der Waals surface area contributed by atoms with E-state index in [0.717, 1.165) is 35.0 Å². The molecule has 196 valence electrons. The zero-order valence-electron chi connectivity index (χ0n) is 22.2. The summed E-state index contributed by atoms with van der Waals surface area (Å²) in [5.74, 6) is 0.267. The number of aromatic nitrogens is 1. The minimum Gasteiger partial charge on any atom is -0.444 e. The molecule has 0 spiro atoms. The van der Waals surface area contributed by atoms with Crippen molar-refractivity contribution in [1.82, 2.24) is 15.2 Å². The third-order valence-corrected chi connectivity index (χ3v) is 6.43. The predicted molar refractivity (Wildman–Crippen MR) is 148 cm³/mol. The highest BCUT2D eigenvalue weighted by atomic mass is 16.6. The molecule has 2 aromatic carbocycles. The molecular weight excluding hydrogens is 466 g/mol. The minimum absolute atomic E-state index is 0.267. The number of ether oxygens (including phenoxy) is 1. The lowest BCUT2D eigenvalue weighted by Crippen LogP contribution is -2.53. The van der Waals surface area contributed by atoms with Crippen LogP contribution in [0.5, 0.6) is 0 Å². The van der Waals surface area contributed by atoms with Gasteiger partial charge in [-0.3, -0.25) is 9.88 Å². The number of benzene rings is 2. The van der Waals surface area contributed by atoms with Crippen molar-refractivity contribution >= 4 is 34.4 Å². The smallest absolute Gasteiger partial charge is 0.410 e. The Kier molecular flexibility index (Phi) is 7.57. The van der Waals surface area contributed by atoms with Gasteiger partial charge in [0.05, 0.1) is 17.6 Å². The average Bonchev–Trinajstić information content (AvgIpc) is 2.83. The molecule has 3 aromatic rings. The Morgan fingerprint density at radius 1 is 1.11 bits per heavy atom. The van der Waals surface area contributed by atoms with Gasteiger partial charge in [-0.2, -0.15) is 0 Å². The van der Waals surface area contributed by atoms with E-state index in [0.29, 0.717) is 17.9 Å². The van der Waals surface area contributed by atoms with Crippen LogP contribution >= 0.6 is 0 Å². The first kappa shape index (κ1) is 26.3. The van der Waals surface area contributed by atoms with Gasteiger partial charge in [0.25, 0.3) is 0 Å². The second kappa shape index (κ2) is 10.7. The van der Waals surface area contributed by atoms with Gasteiger partial charge in [0.15, 0.2) is 0 Å². The van der Waals surface area contributed by atoms with Crippen molar-refractivity contribution in [2.75, 3.05) is 17.6 Å². The van der Waals surface area contributed by atoms with Crippen LogP contribution in [-0.2, 0) is 4.74 Å². The number of nitrogen functional groups attached to an aromatic ring is 1. The minimum atomic E-state index is -0.612. The van der Waals surface area contributed by atoms with Crippen LogP contribution in [0.2, 0.25) is 0 Å². The lowest BCUT2D eigenvalue weighted by atomic mass is 9.90. The summed E-state index contributed by atoms with van der Waals surface area (Å²) >= 11 is 0. The van der Waals surface area contributed by atoms with Crippen molar-refractivity contribution in [2.45, 2.75) is 71.1 Å². The molecule has 1 aliphatic heterocycles. The molecule has 8 nitrogen and oxygen atoms in total. The van der Waals surface area contributed by atoms with Crippen LogP contribution in [0.3, 0.4) is 0 Å². The summed E-state index contributed by atoms with van der Waals surface area (Å²) in [6.45, 7) is 10.3. The van der Waals surface area contributed by atoms with E-state index >= 15 is 0 Å². The van der Waals surface area contributed by atoms with Crippen molar-refractivity contribution in [1.29, 1.82) is 0 Å². The Bertz CT molecular complexity index is 1270. The van der Waals surface area contributed by atoms with Crippen molar-refractivity contribution in [3.8, 4) is 0 Å². The highest BCUT2D eigenvalue weighted by molar-refractivity contribution is 5.96. The maximum Gasteiger partial charge on any atom is 0.410 e. The molecule has 0 radical (unpaired) electrons. The fourth-order valence-corrected chi connectivity index (χ4v) is 4.72. The van der Waals surface area contributed by atoms with Crippen LogP contribution in [0, 0.1) is 0 Å². The van der Waals surface area contributed by atoms with Crippen LogP contribution in [0.15, 0.2) is 54.6 Å². The van der Waals surface area contributed by atoms with Crippen LogP contribution in [-0.4, -0.2) is 40.2 Å². The number of nitrogens with zero attached hydrogens (tertiary/aromatic N) is 2. The highest BCUT2D eigenvalue weighted by Gasteiger charge is 2.38. The standard InChI is InChI=1S/C29H37N5O3/c1-18(2)25-17-22(30)21-16-20(13-14-23(21)32-25)31-27(35)33-24-12-9-15-34(28(36)37-29(3,4)5)26(24)19-10-7-6-8-11-19/h6-8,10-11,13-14,16-18,24,26H,9,12,15H2,1-5H3,(H2,30,32)(H2,31,33,35). The molecule has 2 atom stereocenters. The van der Waals surface area contributed by atoms with Crippen molar-refractivity contribution in [3.63, 3.8) is 0 Å². The molecule has 1 aromatic heterocycles. The highest BCUT2D eigenvalue weighted by Crippen LogP contribution is 2.33. The van der Waals surface area contributed by atoms with Crippen LogP contribution in [0.1, 0.15) is 70.7 Å². The van der Waals surface area contributed by atoms with E-state index in [4.69, 9.17) is 10.5 Å². The summed E-state index contributed by atoms with van der Waals surface area (Å²) in [7, 11) is 0. The summed E-state index contributed by atoms with van der Waals surface area (Å²) in [6.07, 6.45) is 1.11. The van der Waals surface area contributed by atoms with Crippen LogP contribution < -0.4 is 16.4 Å². The molecule has 0 aliphatic carbocycles. The number of anilines is 2. The van der Waals surface area contributed by atoms with E-state index < -0.39 is 5.60 Å². The van der Waals surface area contributed by atoms with Crippen molar-refractivity contribution in [2.24, 2.45) is 0 Å². The van der Waals surface area contributed by atoms with Crippen molar-refractivity contribution in [3.05, 3.63) is 65.9 Å². The van der Waals surface area contributed by atoms with E-state index in [1.54, 1.807) is 4.90 Å². The second-order valence-electron chi connectivity index (χ2n) is 10.9. The van der Waals surface area contributed by atoms with E-state index in [9.17, 15) is 9.59 Å². The number of fused-ring (bicyclic) bond motifs is 1. The number of piperidine rings is 1. The molecule has 0 saturated carbocycles. The monoisotopic (exact) mass is 503 g/mol. The van der Waals surface area contributed by atoms with Gasteiger partial charge >= 0.3 is 12.1 Å². The number of nitrogens with one attached hydrogen (secondary N) is 2. The number of likely N-dealkylation sites (tertiary alicyclic amines) is 1. The van der Waals surface area contributed by atoms with Gasteiger partial charge in [0.1, 0.15) is 5.60 Å². The van der Waals surface area contributed by atoms with E-state index in [2.05, 4.69) is 29.5 Å². The summed E-state index contributed by atoms with van der Waals surface area (Å²) in [5, 5.41) is 6.83. The largest absolute Gasteiger partial charge is 0.444 e. The summed E-state index contributed by atoms with van der Waals surface area (Å²) in [4.78, 5) is 32.6. The van der Waals surface area contributed by atoms with E-state index in [1.807, 2.05) is 75.4 Å². The third kappa shape index (κ3) is 6.31. The number of amides is 3. The second-order valence-corrected chi connectivity index (χ2v) is 10.9. The van der Waals surface area contributed by atoms with Gasteiger partial charge in [-0.25, -0.2) is 9.59 Å². The summed E-state index contributed by atoms with van der Waals surface area (Å²) in [6, 6.07) is 16.2. The zero-order valence-corrected chi connectivity index (χ0v) is 22.2. The summed E-state index contributed by atoms with van der Waals surface area (Å²) < 4.78 is 5.69. The topological polar surface area (TPSA) is 110 Å². The molecule has 2 heterocycles. The lowest BCUT2D eigenvalue weighted by molar-refractivity contribution is 0.00475. The SMILES string of the molecule is CC(C)c1cc(N)c2cc(NC(=O)NC3CCCN(C(=O)OC(C)(C)C)C3c3ccccc3)ccc2n1. The first-order valence-electron chi connectivity index (χ1n) is 12.8. The molecule has 4 rings (SSSR count). The number of carbonyl (C=O) groups excluding carboxylic acids is 2. The first-order chi connectivity index (χ1) is 17.5. The van der Waals surface area contributed by atoms with E-state index in [1.165, 1.54) is 0 Å². The number of urea groups is 1. The average molecular weight is 504 g/mol. The van der Waals surface area contributed by atoms with Crippen molar-refractivity contribution < 1.29 is 14.3 Å². The van der Waals surface area contributed by atoms with Gasteiger partial charge in [0, 0.05) is 29.0 Å². The van der Waals surface area contributed by atoms with Gasteiger partial charge in [0.2, 0.25) is 0 Å². The Morgan fingerprint density at radius 2 is 1.84 bits per heavy atom. The van der Waals surface area contributed by atoms with E-state index in [-0.39, 0.29) is 30.1 Å². The molecule has 8 heteroatoms. The normalized spacial score (nSPS) is 18.1. The zero-order chi connectivity index (χ0) is 26.7. The Hall–Kier alpha value is -3.81. The molecule has 0 bridgehead atoms. The Labute approximate surface area is 218 Å². The molecule has 1 aliphatic rings. The number of hydrogen-bond acceptors (Lipinski definition) is 5. The molecule has 4 N–H and O–H groups in total. The first-order valence-corrected chi connectivity index (χ1v) is 12.8. The van der Waals surface area contributed by atoms with Gasteiger partial charge in [-0.05, 0) is 69.4 Å². The molecule has 2 unspecified atom stereocenters. The quantitative estimate of drug-likeness (QED) is 0.392. The molecule has 1 saturated heterocycles. The molecule has 3 amide bonds. The molecule has 37 heavy (non-hydrogen) atoms.